The highest BCUT2D eigenvalue weighted by Crippen LogP contribution is 2.33. The number of likely N-dealkylation sites (tertiary alicyclic amines) is 1. The highest BCUT2D eigenvalue weighted by molar-refractivity contribution is 6.37. The minimum absolute atomic E-state index is 0.146. The predicted molar refractivity (Wildman–Crippen MR) is 123 cm³/mol. The second-order valence-electron chi connectivity index (χ2n) is 7.78. The van der Waals surface area contributed by atoms with E-state index in [0.29, 0.717) is 41.2 Å². The molecule has 1 aliphatic rings. The Labute approximate surface area is 193 Å². The van der Waals surface area contributed by atoms with Crippen LogP contribution in [-0.2, 0) is 11.2 Å². The van der Waals surface area contributed by atoms with Crippen molar-refractivity contribution in [1.29, 1.82) is 0 Å². The number of piperidine rings is 1. The van der Waals surface area contributed by atoms with Crippen molar-refractivity contribution in [2.75, 3.05) is 32.8 Å². The standard InChI is InChI=1S/C23H29Cl2N3O3/c1-16-11-19(24)22(20(25)12-16)31-10-9-30-21-6-5-17(15-27-21)13-18(14-26)23(29)28-7-3-2-4-8-28/h5-6,11-12,15,18H,2-4,7-10,13-14,26H2,1H3. The zero-order chi connectivity index (χ0) is 22.2. The van der Waals surface area contributed by atoms with Gasteiger partial charge in [0.2, 0.25) is 11.8 Å². The smallest absolute Gasteiger partial charge is 0.227 e. The van der Waals surface area contributed by atoms with E-state index in [2.05, 4.69) is 4.98 Å². The largest absolute Gasteiger partial charge is 0.487 e. The monoisotopic (exact) mass is 465 g/mol. The van der Waals surface area contributed by atoms with Crippen LogP contribution in [0.2, 0.25) is 10.0 Å². The fourth-order valence-electron chi connectivity index (χ4n) is 3.66. The van der Waals surface area contributed by atoms with E-state index in [1.807, 2.05) is 17.9 Å². The molecule has 1 aromatic heterocycles. The number of ether oxygens (including phenoxy) is 2. The number of carbonyl (C=O) groups excluding carboxylic acids is 1. The van der Waals surface area contributed by atoms with Gasteiger partial charge in [-0.3, -0.25) is 4.79 Å². The topological polar surface area (TPSA) is 77.7 Å². The Balaban J connectivity index is 1.47. The van der Waals surface area contributed by atoms with Crippen molar-refractivity contribution in [1.82, 2.24) is 9.88 Å². The summed E-state index contributed by atoms with van der Waals surface area (Å²) in [6.07, 6.45) is 5.65. The summed E-state index contributed by atoms with van der Waals surface area (Å²) in [6, 6.07) is 7.31. The molecule has 0 saturated carbocycles. The van der Waals surface area contributed by atoms with E-state index in [9.17, 15) is 4.79 Å². The van der Waals surface area contributed by atoms with E-state index in [1.165, 1.54) is 6.42 Å². The van der Waals surface area contributed by atoms with Crippen molar-refractivity contribution in [2.24, 2.45) is 11.7 Å². The summed E-state index contributed by atoms with van der Waals surface area (Å²) < 4.78 is 11.3. The number of nitrogens with two attached hydrogens (primary N) is 1. The van der Waals surface area contributed by atoms with Crippen molar-refractivity contribution in [2.45, 2.75) is 32.6 Å². The van der Waals surface area contributed by atoms with E-state index in [4.69, 9.17) is 38.4 Å². The fourth-order valence-corrected chi connectivity index (χ4v) is 4.37. The van der Waals surface area contributed by atoms with Crippen LogP contribution >= 0.6 is 23.2 Å². The van der Waals surface area contributed by atoms with Crippen molar-refractivity contribution in [3.8, 4) is 11.6 Å². The summed E-state index contributed by atoms with van der Waals surface area (Å²) in [5.41, 5.74) is 7.82. The SMILES string of the molecule is Cc1cc(Cl)c(OCCOc2ccc(CC(CN)C(=O)N3CCCCC3)cn2)c(Cl)c1. The maximum atomic E-state index is 12.7. The molecule has 0 radical (unpaired) electrons. The number of hydrogen-bond donors (Lipinski definition) is 1. The second-order valence-corrected chi connectivity index (χ2v) is 8.60. The van der Waals surface area contributed by atoms with E-state index in [0.717, 1.165) is 37.1 Å². The third-order valence-electron chi connectivity index (χ3n) is 5.30. The first kappa shape index (κ1) is 23.6. The molecule has 0 aliphatic carbocycles. The molecule has 1 saturated heterocycles. The predicted octanol–water partition coefficient (Wildman–Crippen LogP) is 4.28. The Bertz CT molecular complexity index is 848. The van der Waals surface area contributed by atoms with Crippen LogP contribution in [0.25, 0.3) is 0 Å². The number of hydrogen-bond acceptors (Lipinski definition) is 5. The fraction of sp³-hybridized carbons (Fsp3) is 0.478. The first-order chi connectivity index (χ1) is 15.0. The number of amides is 1. The number of aromatic nitrogens is 1. The van der Waals surface area contributed by atoms with Crippen LogP contribution in [-0.4, -0.2) is 48.6 Å². The average Bonchev–Trinajstić information content (AvgIpc) is 2.77. The summed E-state index contributed by atoms with van der Waals surface area (Å²) in [7, 11) is 0. The second kappa shape index (κ2) is 11.6. The molecule has 1 atom stereocenters. The Kier molecular flexibility index (Phi) is 8.81. The van der Waals surface area contributed by atoms with Gasteiger partial charge >= 0.3 is 0 Å². The summed E-state index contributed by atoms with van der Waals surface area (Å²) in [6.45, 7) is 4.49. The zero-order valence-corrected chi connectivity index (χ0v) is 19.3. The molecule has 1 fully saturated rings. The van der Waals surface area contributed by atoms with Gasteiger partial charge in [-0.25, -0.2) is 4.98 Å². The highest BCUT2D eigenvalue weighted by atomic mass is 35.5. The first-order valence-electron chi connectivity index (χ1n) is 10.6. The molecular weight excluding hydrogens is 437 g/mol. The summed E-state index contributed by atoms with van der Waals surface area (Å²) in [5, 5.41) is 0.946. The Morgan fingerprint density at radius 2 is 1.81 bits per heavy atom. The minimum atomic E-state index is -0.218. The van der Waals surface area contributed by atoms with Gasteiger partial charge in [0.05, 0.1) is 16.0 Å². The van der Waals surface area contributed by atoms with Crippen LogP contribution in [0.5, 0.6) is 11.6 Å². The van der Waals surface area contributed by atoms with Crippen LogP contribution in [0.4, 0.5) is 0 Å². The average molecular weight is 466 g/mol. The van der Waals surface area contributed by atoms with Crippen molar-refractivity contribution in [3.63, 3.8) is 0 Å². The van der Waals surface area contributed by atoms with Crippen molar-refractivity contribution in [3.05, 3.63) is 51.6 Å². The van der Waals surface area contributed by atoms with Crippen molar-refractivity contribution >= 4 is 29.1 Å². The molecule has 1 unspecified atom stereocenters. The molecule has 8 heteroatoms. The Morgan fingerprint density at radius 3 is 2.42 bits per heavy atom. The maximum Gasteiger partial charge on any atom is 0.227 e. The van der Waals surface area contributed by atoms with E-state index < -0.39 is 0 Å². The van der Waals surface area contributed by atoms with Crippen LogP contribution in [0, 0.1) is 12.8 Å². The Morgan fingerprint density at radius 1 is 1.13 bits per heavy atom. The van der Waals surface area contributed by atoms with Crippen LogP contribution in [0.1, 0.15) is 30.4 Å². The van der Waals surface area contributed by atoms with Gasteiger partial charge in [0, 0.05) is 31.9 Å². The number of aryl methyl sites for hydroxylation is 1. The summed E-state index contributed by atoms with van der Waals surface area (Å²) in [5.74, 6) is 0.865. The number of benzene rings is 1. The normalized spacial score (nSPS) is 14.9. The lowest BCUT2D eigenvalue weighted by Crippen LogP contribution is -2.42. The van der Waals surface area contributed by atoms with Crippen LogP contribution in [0.15, 0.2) is 30.5 Å². The van der Waals surface area contributed by atoms with Gasteiger partial charge in [0.25, 0.3) is 0 Å². The number of rotatable bonds is 9. The molecule has 168 valence electrons. The molecule has 0 bridgehead atoms. The van der Waals surface area contributed by atoms with Crippen molar-refractivity contribution < 1.29 is 14.3 Å². The van der Waals surface area contributed by atoms with Gasteiger partial charge in [0.15, 0.2) is 5.75 Å². The molecule has 0 spiro atoms. The lowest BCUT2D eigenvalue weighted by atomic mass is 9.98. The molecule has 1 aliphatic heterocycles. The van der Waals surface area contributed by atoms with Gasteiger partial charge < -0.3 is 20.1 Å². The molecule has 1 aromatic carbocycles. The molecule has 6 nitrogen and oxygen atoms in total. The van der Waals surface area contributed by atoms with E-state index >= 15 is 0 Å². The molecule has 2 heterocycles. The van der Waals surface area contributed by atoms with Gasteiger partial charge in [-0.2, -0.15) is 0 Å². The number of carbonyl (C=O) groups is 1. The lowest BCUT2D eigenvalue weighted by molar-refractivity contribution is -0.136. The van der Waals surface area contributed by atoms with Crippen LogP contribution < -0.4 is 15.2 Å². The number of pyridine rings is 1. The van der Waals surface area contributed by atoms with Gasteiger partial charge in [-0.1, -0.05) is 29.3 Å². The zero-order valence-electron chi connectivity index (χ0n) is 17.8. The summed E-state index contributed by atoms with van der Waals surface area (Å²) >= 11 is 12.3. The van der Waals surface area contributed by atoms with Gasteiger partial charge in [-0.05, 0) is 55.9 Å². The maximum absolute atomic E-state index is 12.7. The Hall–Kier alpha value is -2.02. The highest BCUT2D eigenvalue weighted by Gasteiger charge is 2.24. The minimum Gasteiger partial charge on any atom is -0.487 e. The number of halogens is 2. The number of nitrogens with zero attached hydrogens (tertiary/aromatic N) is 2. The molecule has 2 N–H and O–H groups in total. The molecule has 2 aromatic rings. The van der Waals surface area contributed by atoms with Gasteiger partial charge in [0.1, 0.15) is 13.2 Å². The molecule has 31 heavy (non-hydrogen) atoms. The third-order valence-corrected chi connectivity index (χ3v) is 5.86. The third kappa shape index (κ3) is 6.73. The molecule has 1 amide bonds. The van der Waals surface area contributed by atoms with E-state index in [1.54, 1.807) is 24.4 Å². The lowest BCUT2D eigenvalue weighted by Gasteiger charge is -2.30. The van der Waals surface area contributed by atoms with Gasteiger partial charge in [-0.15, -0.1) is 0 Å². The van der Waals surface area contributed by atoms with Crippen LogP contribution in [0.3, 0.4) is 0 Å². The molecular formula is C23H29Cl2N3O3. The quantitative estimate of drug-likeness (QED) is 0.558. The first-order valence-corrected chi connectivity index (χ1v) is 11.4. The molecule has 3 rings (SSSR count). The van der Waals surface area contributed by atoms with E-state index in [-0.39, 0.29) is 18.4 Å². The summed E-state index contributed by atoms with van der Waals surface area (Å²) in [4.78, 5) is 19.0.